The fourth-order valence-electron chi connectivity index (χ4n) is 2.06. The van der Waals surface area contributed by atoms with Crippen LogP contribution in [0.4, 0.5) is 0 Å². The zero-order chi connectivity index (χ0) is 13.0. The minimum absolute atomic E-state index is 0.184. The maximum Gasteiger partial charge on any atom is 0.0950 e. The van der Waals surface area contributed by atoms with E-state index in [0.717, 1.165) is 18.8 Å². The first kappa shape index (κ1) is 12.8. The van der Waals surface area contributed by atoms with Crippen LogP contribution in [0.2, 0.25) is 0 Å². The lowest BCUT2D eigenvalue weighted by Crippen LogP contribution is -2.22. The van der Waals surface area contributed by atoms with Gasteiger partial charge in [0.1, 0.15) is 0 Å². The monoisotopic (exact) mass is 243 g/mol. The summed E-state index contributed by atoms with van der Waals surface area (Å²) in [6.07, 6.45) is 4.01. The van der Waals surface area contributed by atoms with Crippen molar-refractivity contribution < 1.29 is 0 Å². The third-order valence-electron chi connectivity index (χ3n) is 3.13. The number of nitrogens with one attached hydrogen (secondary N) is 1. The van der Waals surface area contributed by atoms with Gasteiger partial charge >= 0.3 is 0 Å². The van der Waals surface area contributed by atoms with Gasteiger partial charge in [0.2, 0.25) is 0 Å². The molecule has 96 valence electrons. The Morgan fingerprint density at radius 2 is 1.94 bits per heavy atom. The summed E-state index contributed by atoms with van der Waals surface area (Å²) in [5.74, 6) is 0. The molecule has 1 atom stereocenters. The molecule has 0 fully saturated rings. The first-order chi connectivity index (χ1) is 8.74. The number of aromatic nitrogens is 2. The summed E-state index contributed by atoms with van der Waals surface area (Å²) in [5.41, 5.74) is 3.64. The molecular formula is C15H21N3. The molecule has 0 radical (unpaired) electrons. The van der Waals surface area contributed by atoms with Crippen molar-refractivity contribution in [3.05, 3.63) is 53.6 Å². The third kappa shape index (κ3) is 2.79. The number of hydrogen-bond acceptors (Lipinski definition) is 2. The Balaban J connectivity index is 2.29. The van der Waals surface area contributed by atoms with E-state index in [0.29, 0.717) is 0 Å². The molecule has 1 heterocycles. The molecule has 1 aromatic heterocycles. The van der Waals surface area contributed by atoms with E-state index in [1.54, 1.807) is 0 Å². The second-order valence-electron chi connectivity index (χ2n) is 4.53. The van der Waals surface area contributed by atoms with Crippen molar-refractivity contribution in [3.63, 3.8) is 0 Å². The highest BCUT2D eigenvalue weighted by Crippen LogP contribution is 2.20. The van der Waals surface area contributed by atoms with Crippen LogP contribution in [-0.2, 0) is 6.54 Å². The lowest BCUT2D eigenvalue weighted by Gasteiger charge is -2.16. The fourth-order valence-corrected chi connectivity index (χ4v) is 2.06. The number of nitrogens with zero attached hydrogens (tertiary/aromatic N) is 2. The molecule has 3 nitrogen and oxygen atoms in total. The quantitative estimate of drug-likeness (QED) is 0.875. The van der Waals surface area contributed by atoms with Gasteiger partial charge in [-0.2, -0.15) is 0 Å². The van der Waals surface area contributed by atoms with Crippen LogP contribution >= 0.6 is 0 Å². The molecule has 0 amide bonds. The molecule has 0 saturated heterocycles. The second-order valence-corrected chi connectivity index (χ2v) is 4.53. The molecule has 0 aliphatic rings. The predicted octanol–water partition coefficient (Wildman–Crippen LogP) is 2.91. The van der Waals surface area contributed by atoms with Gasteiger partial charge in [0.05, 0.1) is 18.1 Å². The summed E-state index contributed by atoms with van der Waals surface area (Å²) in [6, 6.07) is 8.83. The number of rotatable bonds is 5. The molecule has 1 unspecified atom stereocenters. The highest BCUT2D eigenvalue weighted by atomic mass is 15.1. The standard InChI is InChI=1S/C15H21N3/c1-4-16-15(13-8-6-12(3)7-9-13)14-10-18(5-2)11-17-14/h6-11,15-16H,4-5H2,1-3H3. The van der Waals surface area contributed by atoms with Crippen molar-refractivity contribution in [1.82, 2.24) is 14.9 Å². The average Bonchev–Trinajstić information content (AvgIpc) is 2.86. The van der Waals surface area contributed by atoms with Gasteiger partial charge in [-0.3, -0.25) is 0 Å². The normalized spacial score (nSPS) is 12.6. The Labute approximate surface area is 109 Å². The average molecular weight is 243 g/mol. The molecule has 1 aromatic carbocycles. The van der Waals surface area contributed by atoms with Crippen molar-refractivity contribution in [1.29, 1.82) is 0 Å². The summed E-state index contributed by atoms with van der Waals surface area (Å²) >= 11 is 0. The van der Waals surface area contributed by atoms with E-state index >= 15 is 0 Å². The van der Waals surface area contributed by atoms with Crippen molar-refractivity contribution in [2.75, 3.05) is 6.54 Å². The molecule has 18 heavy (non-hydrogen) atoms. The second kappa shape index (κ2) is 5.83. The third-order valence-corrected chi connectivity index (χ3v) is 3.13. The largest absolute Gasteiger partial charge is 0.337 e. The lowest BCUT2D eigenvalue weighted by molar-refractivity contribution is 0.617. The van der Waals surface area contributed by atoms with Crippen LogP contribution in [0.1, 0.15) is 36.7 Å². The molecule has 1 N–H and O–H groups in total. The number of benzene rings is 1. The maximum atomic E-state index is 4.51. The van der Waals surface area contributed by atoms with Crippen LogP contribution in [0.25, 0.3) is 0 Å². The van der Waals surface area contributed by atoms with Gasteiger partial charge in [0.15, 0.2) is 0 Å². The van der Waals surface area contributed by atoms with E-state index in [1.807, 2.05) is 6.33 Å². The van der Waals surface area contributed by atoms with Crippen LogP contribution < -0.4 is 5.32 Å². The Hall–Kier alpha value is -1.61. The molecule has 3 heteroatoms. The number of imidazole rings is 1. The zero-order valence-electron chi connectivity index (χ0n) is 11.4. The molecule has 0 saturated carbocycles. The highest BCUT2D eigenvalue weighted by Gasteiger charge is 2.15. The van der Waals surface area contributed by atoms with Gasteiger partial charge in [0, 0.05) is 12.7 Å². The Kier molecular flexibility index (Phi) is 4.15. The molecule has 0 aliphatic carbocycles. The molecule has 0 spiro atoms. The van der Waals surface area contributed by atoms with Gasteiger partial charge in [-0.25, -0.2) is 4.98 Å². The van der Waals surface area contributed by atoms with E-state index in [1.165, 1.54) is 11.1 Å². The summed E-state index contributed by atoms with van der Waals surface area (Å²) in [6.45, 7) is 8.24. The summed E-state index contributed by atoms with van der Waals surface area (Å²) in [7, 11) is 0. The van der Waals surface area contributed by atoms with Crippen molar-refractivity contribution in [2.24, 2.45) is 0 Å². The van der Waals surface area contributed by atoms with E-state index in [-0.39, 0.29) is 6.04 Å². The van der Waals surface area contributed by atoms with Gasteiger partial charge < -0.3 is 9.88 Å². The smallest absolute Gasteiger partial charge is 0.0950 e. The van der Waals surface area contributed by atoms with Crippen LogP contribution in [0.15, 0.2) is 36.8 Å². The molecule has 2 aromatic rings. The van der Waals surface area contributed by atoms with Crippen LogP contribution in [0.5, 0.6) is 0 Å². The fraction of sp³-hybridized carbons (Fsp3) is 0.400. The van der Waals surface area contributed by atoms with Gasteiger partial charge in [-0.15, -0.1) is 0 Å². The molecular weight excluding hydrogens is 222 g/mol. The van der Waals surface area contributed by atoms with Crippen LogP contribution in [-0.4, -0.2) is 16.1 Å². The van der Waals surface area contributed by atoms with Crippen LogP contribution in [0, 0.1) is 6.92 Å². The SMILES string of the molecule is CCNC(c1ccc(C)cc1)c1cn(CC)cn1. The molecule has 2 rings (SSSR count). The number of aryl methyl sites for hydroxylation is 2. The summed E-state index contributed by atoms with van der Waals surface area (Å²) in [4.78, 5) is 4.51. The Bertz CT molecular complexity index is 485. The summed E-state index contributed by atoms with van der Waals surface area (Å²) in [5, 5.41) is 3.50. The first-order valence-corrected chi connectivity index (χ1v) is 6.56. The van der Waals surface area contributed by atoms with E-state index < -0.39 is 0 Å². The minimum Gasteiger partial charge on any atom is -0.337 e. The van der Waals surface area contributed by atoms with Crippen molar-refractivity contribution >= 4 is 0 Å². The number of hydrogen-bond donors (Lipinski definition) is 1. The minimum atomic E-state index is 0.184. The Morgan fingerprint density at radius 3 is 2.50 bits per heavy atom. The van der Waals surface area contributed by atoms with E-state index in [9.17, 15) is 0 Å². The maximum absolute atomic E-state index is 4.51. The van der Waals surface area contributed by atoms with Crippen molar-refractivity contribution in [3.8, 4) is 0 Å². The predicted molar refractivity (Wildman–Crippen MR) is 74.6 cm³/mol. The van der Waals surface area contributed by atoms with E-state index in [4.69, 9.17) is 0 Å². The topological polar surface area (TPSA) is 29.9 Å². The lowest BCUT2D eigenvalue weighted by atomic mass is 10.0. The zero-order valence-corrected chi connectivity index (χ0v) is 11.4. The summed E-state index contributed by atoms with van der Waals surface area (Å²) < 4.78 is 2.11. The van der Waals surface area contributed by atoms with Crippen LogP contribution in [0.3, 0.4) is 0 Å². The van der Waals surface area contributed by atoms with E-state index in [2.05, 4.69) is 66.1 Å². The molecule has 0 aliphatic heterocycles. The van der Waals surface area contributed by atoms with Gasteiger partial charge in [-0.05, 0) is 26.0 Å². The Morgan fingerprint density at radius 1 is 1.22 bits per heavy atom. The molecule has 0 bridgehead atoms. The van der Waals surface area contributed by atoms with Gasteiger partial charge in [-0.1, -0.05) is 36.8 Å². The van der Waals surface area contributed by atoms with Crippen molar-refractivity contribution in [2.45, 2.75) is 33.4 Å². The highest BCUT2D eigenvalue weighted by molar-refractivity contribution is 5.29. The van der Waals surface area contributed by atoms with Gasteiger partial charge in [0.25, 0.3) is 0 Å². The first-order valence-electron chi connectivity index (χ1n) is 6.56.